The molecule has 0 saturated carbocycles. The molecule has 19 heavy (non-hydrogen) atoms. The van der Waals surface area contributed by atoms with E-state index in [1.54, 1.807) is 6.07 Å². The molecular formula is C17H16O2. The van der Waals surface area contributed by atoms with Crippen molar-refractivity contribution in [1.29, 1.82) is 0 Å². The molecule has 2 aromatic carbocycles. The van der Waals surface area contributed by atoms with Gasteiger partial charge in [0.2, 0.25) is 0 Å². The Bertz CT molecular complexity index is 585. The number of ether oxygens (including phenoxy) is 1. The molecule has 2 heteroatoms. The molecule has 2 aromatic rings. The first kappa shape index (κ1) is 13.1. The van der Waals surface area contributed by atoms with Crippen molar-refractivity contribution in [2.75, 3.05) is 6.61 Å². The molecule has 0 amide bonds. The highest BCUT2D eigenvalue weighted by Crippen LogP contribution is 2.16. The maximum atomic E-state index is 10.7. The van der Waals surface area contributed by atoms with Crippen LogP contribution in [0.1, 0.15) is 28.4 Å². The van der Waals surface area contributed by atoms with Gasteiger partial charge in [-0.1, -0.05) is 42.5 Å². The lowest BCUT2D eigenvalue weighted by atomic mass is 10.1. The molecule has 0 aliphatic carbocycles. The molecule has 2 rings (SSSR count). The molecule has 0 bridgehead atoms. The van der Waals surface area contributed by atoms with E-state index in [-0.39, 0.29) is 0 Å². The molecule has 96 valence electrons. The van der Waals surface area contributed by atoms with Crippen molar-refractivity contribution in [3.8, 4) is 5.75 Å². The summed E-state index contributed by atoms with van der Waals surface area (Å²) in [4.78, 5) is 10.7. The average Bonchev–Trinajstić information content (AvgIpc) is 2.46. The Morgan fingerprint density at radius 2 is 1.58 bits per heavy atom. The van der Waals surface area contributed by atoms with Crippen LogP contribution in [0.25, 0.3) is 12.2 Å². The number of carbonyl (C=O) groups excluding carboxylic acids is 1. The quantitative estimate of drug-likeness (QED) is 0.592. The molecule has 0 atom stereocenters. The van der Waals surface area contributed by atoms with Gasteiger partial charge >= 0.3 is 0 Å². The summed E-state index contributed by atoms with van der Waals surface area (Å²) in [6, 6.07) is 15.4. The van der Waals surface area contributed by atoms with E-state index in [1.807, 2.05) is 61.5 Å². The number of hydrogen-bond acceptors (Lipinski definition) is 2. The van der Waals surface area contributed by atoms with Crippen LogP contribution in [-0.2, 0) is 0 Å². The summed E-state index contributed by atoms with van der Waals surface area (Å²) in [5.74, 6) is 0.867. The zero-order chi connectivity index (χ0) is 13.5. The van der Waals surface area contributed by atoms with Gasteiger partial charge in [0.15, 0.2) is 0 Å². The largest absolute Gasteiger partial charge is 0.494 e. The van der Waals surface area contributed by atoms with Crippen molar-refractivity contribution < 1.29 is 9.53 Å². The molecule has 0 radical (unpaired) electrons. The third-order valence-corrected chi connectivity index (χ3v) is 2.68. The van der Waals surface area contributed by atoms with Crippen molar-refractivity contribution >= 4 is 18.4 Å². The van der Waals surface area contributed by atoms with E-state index in [0.29, 0.717) is 12.2 Å². The van der Waals surface area contributed by atoms with E-state index in [9.17, 15) is 4.79 Å². The van der Waals surface area contributed by atoms with Gasteiger partial charge in [-0.05, 0) is 36.2 Å². The summed E-state index contributed by atoms with van der Waals surface area (Å²) >= 11 is 0. The minimum absolute atomic E-state index is 0.661. The van der Waals surface area contributed by atoms with E-state index < -0.39 is 0 Å². The molecular weight excluding hydrogens is 236 g/mol. The summed E-state index contributed by atoms with van der Waals surface area (Å²) in [6.45, 7) is 2.63. The van der Waals surface area contributed by atoms with E-state index in [1.165, 1.54) is 0 Å². The van der Waals surface area contributed by atoms with E-state index in [0.717, 1.165) is 23.2 Å². The third kappa shape index (κ3) is 3.81. The summed E-state index contributed by atoms with van der Waals surface area (Å²) in [7, 11) is 0. The first-order valence-corrected chi connectivity index (χ1v) is 6.28. The molecule has 0 saturated heterocycles. The van der Waals surface area contributed by atoms with Crippen LogP contribution in [0.15, 0.2) is 48.5 Å². The van der Waals surface area contributed by atoms with Crippen LogP contribution in [0.4, 0.5) is 0 Å². The van der Waals surface area contributed by atoms with Gasteiger partial charge in [-0.15, -0.1) is 0 Å². The summed E-state index contributed by atoms with van der Waals surface area (Å²) in [5, 5.41) is 0. The van der Waals surface area contributed by atoms with Gasteiger partial charge < -0.3 is 4.74 Å². The second-order valence-corrected chi connectivity index (χ2v) is 4.13. The minimum Gasteiger partial charge on any atom is -0.494 e. The van der Waals surface area contributed by atoms with Crippen molar-refractivity contribution in [2.24, 2.45) is 0 Å². The lowest BCUT2D eigenvalue weighted by Crippen LogP contribution is -1.90. The van der Waals surface area contributed by atoms with Gasteiger partial charge in [-0.3, -0.25) is 4.79 Å². The predicted octanol–water partition coefficient (Wildman–Crippen LogP) is 4.07. The Morgan fingerprint density at radius 1 is 0.947 bits per heavy atom. The number of rotatable bonds is 5. The van der Waals surface area contributed by atoms with Crippen LogP contribution in [0.5, 0.6) is 5.75 Å². The van der Waals surface area contributed by atoms with Crippen molar-refractivity contribution in [3.63, 3.8) is 0 Å². The first-order chi connectivity index (χ1) is 9.31. The molecule has 0 aromatic heterocycles. The Kier molecular flexibility index (Phi) is 4.51. The molecule has 0 fully saturated rings. The van der Waals surface area contributed by atoms with Crippen LogP contribution < -0.4 is 4.74 Å². The predicted molar refractivity (Wildman–Crippen MR) is 78.4 cm³/mol. The van der Waals surface area contributed by atoms with Gasteiger partial charge in [-0.25, -0.2) is 0 Å². The lowest BCUT2D eigenvalue weighted by molar-refractivity contribution is 0.112. The van der Waals surface area contributed by atoms with Crippen LogP contribution in [0, 0.1) is 0 Å². The Balaban J connectivity index is 2.17. The monoisotopic (exact) mass is 252 g/mol. The number of benzene rings is 2. The van der Waals surface area contributed by atoms with E-state index >= 15 is 0 Å². The highest BCUT2D eigenvalue weighted by Gasteiger charge is 1.94. The highest BCUT2D eigenvalue weighted by atomic mass is 16.5. The number of hydrogen-bond donors (Lipinski definition) is 0. The normalized spacial score (nSPS) is 10.6. The fourth-order valence-electron chi connectivity index (χ4n) is 1.80. The summed E-state index contributed by atoms with van der Waals surface area (Å²) in [5.41, 5.74) is 2.76. The Hall–Kier alpha value is -2.35. The van der Waals surface area contributed by atoms with Gasteiger partial charge in [-0.2, -0.15) is 0 Å². The molecule has 0 aliphatic rings. The number of aldehydes is 1. The number of carbonyl (C=O) groups is 1. The second kappa shape index (κ2) is 6.55. The van der Waals surface area contributed by atoms with Crippen LogP contribution >= 0.6 is 0 Å². The molecule has 0 N–H and O–H groups in total. The first-order valence-electron chi connectivity index (χ1n) is 6.28. The van der Waals surface area contributed by atoms with Crippen LogP contribution in [-0.4, -0.2) is 12.9 Å². The molecule has 0 heterocycles. The standard InChI is InChI=1S/C17H16O2/c1-2-19-17-8-4-6-15(12-17)10-9-14-5-3-7-16(11-14)13-18/h3-13H,2H2,1H3/b10-9+. The smallest absolute Gasteiger partial charge is 0.150 e. The Labute approximate surface area is 113 Å². The minimum atomic E-state index is 0.661. The third-order valence-electron chi connectivity index (χ3n) is 2.68. The zero-order valence-electron chi connectivity index (χ0n) is 10.9. The molecule has 0 unspecified atom stereocenters. The van der Waals surface area contributed by atoms with Crippen LogP contribution in [0.3, 0.4) is 0 Å². The molecule has 2 nitrogen and oxygen atoms in total. The average molecular weight is 252 g/mol. The Morgan fingerprint density at radius 3 is 2.26 bits per heavy atom. The zero-order valence-corrected chi connectivity index (χ0v) is 10.9. The summed E-state index contributed by atoms with van der Waals surface area (Å²) < 4.78 is 5.45. The van der Waals surface area contributed by atoms with E-state index in [2.05, 4.69) is 0 Å². The molecule has 0 spiro atoms. The fourth-order valence-corrected chi connectivity index (χ4v) is 1.80. The summed E-state index contributed by atoms with van der Waals surface area (Å²) in [6.07, 6.45) is 4.84. The van der Waals surface area contributed by atoms with Gasteiger partial charge in [0, 0.05) is 5.56 Å². The van der Waals surface area contributed by atoms with Gasteiger partial charge in [0.25, 0.3) is 0 Å². The fraction of sp³-hybridized carbons (Fsp3) is 0.118. The maximum Gasteiger partial charge on any atom is 0.150 e. The van der Waals surface area contributed by atoms with Crippen molar-refractivity contribution in [3.05, 3.63) is 65.2 Å². The van der Waals surface area contributed by atoms with Crippen LogP contribution in [0.2, 0.25) is 0 Å². The highest BCUT2D eigenvalue weighted by molar-refractivity contribution is 5.78. The lowest BCUT2D eigenvalue weighted by Gasteiger charge is -2.03. The molecule has 0 aliphatic heterocycles. The topological polar surface area (TPSA) is 26.3 Å². The maximum absolute atomic E-state index is 10.7. The van der Waals surface area contributed by atoms with Crippen molar-refractivity contribution in [1.82, 2.24) is 0 Å². The van der Waals surface area contributed by atoms with E-state index in [4.69, 9.17) is 4.74 Å². The van der Waals surface area contributed by atoms with Gasteiger partial charge in [0.05, 0.1) is 6.61 Å². The van der Waals surface area contributed by atoms with Crippen molar-refractivity contribution in [2.45, 2.75) is 6.92 Å². The second-order valence-electron chi connectivity index (χ2n) is 4.13. The van der Waals surface area contributed by atoms with Gasteiger partial charge in [0.1, 0.15) is 12.0 Å². The SMILES string of the molecule is CCOc1cccc(/C=C/c2cccc(C=O)c2)c1.